The van der Waals surface area contributed by atoms with Gasteiger partial charge in [-0.2, -0.15) is 0 Å². The molecule has 0 unspecified atom stereocenters. The highest BCUT2D eigenvalue weighted by Gasteiger charge is 2.18. The molecule has 0 heterocycles. The van der Waals surface area contributed by atoms with Gasteiger partial charge in [-0.15, -0.1) is 11.6 Å². The molecule has 4 heteroatoms. The van der Waals surface area contributed by atoms with E-state index < -0.39 is 11.8 Å². The number of hydrogen-bond acceptors (Lipinski definition) is 2. The molecule has 0 bridgehead atoms. The van der Waals surface area contributed by atoms with Crippen molar-refractivity contribution in [3.05, 3.63) is 66.2 Å². The minimum atomic E-state index is -1.23. The minimum absolute atomic E-state index is 0.417. The Kier molecular flexibility index (Phi) is 6.92. The zero-order valence-corrected chi connectivity index (χ0v) is 13.1. The van der Waals surface area contributed by atoms with Gasteiger partial charge in [-0.3, -0.25) is 4.48 Å². The maximum atomic E-state index is 9.12. The fourth-order valence-electron chi connectivity index (χ4n) is 1.96. The molecule has 0 radical (unpaired) electrons. The number of para-hydroxylation sites is 1. The van der Waals surface area contributed by atoms with E-state index in [2.05, 4.69) is 86.4 Å². The van der Waals surface area contributed by atoms with Crippen LogP contribution in [-0.2, 0) is 11.3 Å². The van der Waals surface area contributed by atoms with Crippen molar-refractivity contribution >= 4 is 23.3 Å². The van der Waals surface area contributed by atoms with E-state index in [0.29, 0.717) is 0 Å². The van der Waals surface area contributed by atoms with Gasteiger partial charge in [-0.1, -0.05) is 48.5 Å². The van der Waals surface area contributed by atoms with Crippen LogP contribution >= 0.6 is 11.6 Å². The number of rotatable bonds is 4. The van der Waals surface area contributed by atoms with E-state index in [1.165, 1.54) is 11.3 Å². The Morgan fingerprint density at radius 3 is 1.86 bits per heavy atom. The average Bonchev–Trinajstić information content (AvgIpc) is 2.49. The molecule has 0 aliphatic carbocycles. The van der Waals surface area contributed by atoms with Gasteiger partial charge in [-0.05, 0) is 12.1 Å². The lowest BCUT2D eigenvalue weighted by atomic mass is 10.2. The summed E-state index contributed by atoms with van der Waals surface area (Å²) >= 11 is 4.67. The first kappa shape index (κ1) is 17.2. The highest BCUT2D eigenvalue weighted by Crippen LogP contribution is 2.21. The number of benzene rings is 2. The molecule has 2 aromatic rings. The predicted molar refractivity (Wildman–Crippen MR) is 86.0 cm³/mol. The van der Waals surface area contributed by atoms with Crippen LogP contribution in [0.4, 0.5) is 5.69 Å². The van der Waals surface area contributed by atoms with Crippen LogP contribution in [0.15, 0.2) is 60.7 Å². The van der Waals surface area contributed by atoms with Gasteiger partial charge in [0.25, 0.3) is 0 Å². The molecule has 3 nitrogen and oxygen atoms in total. The highest BCUT2D eigenvalue weighted by atomic mass is 35.5. The number of carbonyl (C=O) groups is 1. The van der Waals surface area contributed by atoms with Crippen LogP contribution in [0.2, 0.25) is 0 Å². The smallest absolute Gasteiger partial charge is 0.132 e. The van der Waals surface area contributed by atoms with Gasteiger partial charge in [0.05, 0.1) is 25.9 Å². The highest BCUT2D eigenvalue weighted by molar-refractivity contribution is 6.25. The van der Waals surface area contributed by atoms with Crippen LogP contribution in [0.3, 0.4) is 0 Å². The summed E-state index contributed by atoms with van der Waals surface area (Å²) in [6.45, 7) is 1.02. The molecular weight excluding hydrogens is 286 g/mol. The second-order valence-electron chi connectivity index (χ2n) is 5.17. The van der Waals surface area contributed by atoms with Crippen molar-refractivity contribution < 1.29 is 9.90 Å². The average molecular weight is 306 g/mol. The number of carboxylic acid groups (broad SMARTS) is 1. The molecule has 0 aliphatic heterocycles. The Bertz CT molecular complexity index is 541. The maximum absolute atomic E-state index is 9.12. The van der Waals surface area contributed by atoms with E-state index in [9.17, 15) is 0 Å². The van der Waals surface area contributed by atoms with Crippen molar-refractivity contribution in [1.82, 2.24) is 4.48 Å². The number of carbonyl (C=O) groups excluding carboxylic acids is 1. The van der Waals surface area contributed by atoms with Gasteiger partial charge in [0.15, 0.2) is 0 Å². The van der Waals surface area contributed by atoms with Gasteiger partial charge >= 0.3 is 0 Å². The van der Waals surface area contributed by atoms with E-state index in [0.717, 1.165) is 11.0 Å². The summed E-state index contributed by atoms with van der Waals surface area (Å²) in [5, 5.41) is 9.12. The predicted octanol–water partition coefficient (Wildman–Crippen LogP) is 2.43. The lowest BCUT2D eigenvalue weighted by Gasteiger charge is -2.29. The minimum Gasteiger partial charge on any atom is -0.549 e. The van der Waals surface area contributed by atoms with Crippen LogP contribution in [0.5, 0.6) is 0 Å². The summed E-state index contributed by atoms with van der Waals surface area (Å²) in [6.07, 6.45) is 0. The molecule has 2 aromatic carbocycles. The first-order valence-electron chi connectivity index (χ1n) is 6.64. The monoisotopic (exact) mass is 305 g/mol. The molecule has 0 saturated heterocycles. The molecule has 0 amide bonds. The summed E-state index contributed by atoms with van der Waals surface area (Å²) in [7, 11) is 4.48. The van der Waals surface area contributed by atoms with E-state index in [1.54, 1.807) is 0 Å². The quantitative estimate of drug-likeness (QED) is 0.643. The first-order chi connectivity index (χ1) is 9.95. The molecule has 21 heavy (non-hydrogen) atoms. The summed E-state index contributed by atoms with van der Waals surface area (Å²) < 4.78 is 0.880. The van der Waals surface area contributed by atoms with E-state index in [4.69, 9.17) is 9.90 Å². The Morgan fingerprint density at radius 2 is 1.43 bits per heavy atom. The summed E-state index contributed by atoms with van der Waals surface area (Å²) in [5.41, 5.74) is 2.71. The second kappa shape index (κ2) is 8.45. The van der Waals surface area contributed by atoms with Crippen molar-refractivity contribution in [2.24, 2.45) is 0 Å². The number of halogens is 1. The van der Waals surface area contributed by atoms with E-state index in [1.807, 2.05) is 0 Å². The molecule has 2 rings (SSSR count). The summed E-state index contributed by atoms with van der Waals surface area (Å²) in [6, 6.07) is 21.2. The summed E-state index contributed by atoms with van der Waals surface area (Å²) in [4.78, 5) is 9.12. The maximum Gasteiger partial charge on any atom is 0.132 e. The van der Waals surface area contributed by atoms with Crippen LogP contribution < -0.4 is 9.59 Å². The van der Waals surface area contributed by atoms with Crippen LogP contribution in [0.25, 0.3) is 0 Å². The normalized spacial score (nSPS) is 10.4. The number of alkyl halides is 1. The van der Waals surface area contributed by atoms with Crippen molar-refractivity contribution in [3.63, 3.8) is 0 Å². The molecule has 0 N–H and O–H groups in total. The lowest BCUT2D eigenvalue weighted by molar-refractivity contribution is -0.301. The fourth-order valence-corrected chi connectivity index (χ4v) is 1.96. The van der Waals surface area contributed by atoms with Crippen molar-refractivity contribution in [2.45, 2.75) is 6.54 Å². The molecular formula is C17H20ClNO2. The molecule has 0 atom stereocenters. The Balaban J connectivity index is 0.000000383. The number of carboxylic acids is 1. The molecule has 112 valence electrons. The Labute approximate surface area is 131 Å². The number of hydrogen-bond donors (Lipinski definition) is 0. The number of nitrogens with zero attached hydrogens (tertiary/aromatic N) is 1. The zero-order valence-electron chi connectivity index (χ0n) is 12.3. The van der Waals surface area contributed by atoms with E-state index >= 15 is 0 Å². The summed E-state index contributed by atoms with van der Waals surface area (Å²) in [5.74, 6) is -1.65. The third-order valence-electron chi connectivity index (χ3n) is 2.98. The van der Waals surface area contributed by atoms with Crippen LogP contribution in [0, 0.1) is 0 Å². The number of quaternary nitrogens is 1. The van der Waals surface area contributed by atoms with E-state index in [-0.39, 0.29) is 0 Å². The number of aliphatic carboxylic acids is 1. The molecule has 0 aromatic heterocycles. The van der Waals surface area contributed by atoms with Gasteiger partial charge in [0.1, 0.15) is 12.2 Å². The fraction of sp³-hybridized carbons (Fsp3) is 0.235. The molecule has 0 spiro atoms. The lowest BCUT2D eigenvalue weighted by Crippen LogP contribution is -2.39. The topological polar surface area (TPSA) is 40.1 Å². The van der Waals surface area contributed by atoms with Gasteiger partial charge in [-0.25, -0.2) is 0 Å². The third-order valence-corrected chi connectivity index (χ3v) is 3.20. The first-order valence-corrected chi connectivity index (χ1v) is 7.17. The van der Waals surface area contributed by atoms with Crippen molar-refractivity contribution in [2.75, 3.05) is 20.0 Å². The Hall–Kier alpha value is -1.84. The van der Waals surface area contributed by atoms with Gasteiger partial charge < -0.3 is 9.90 Å². The van der Waals surface area contributed by atoms with Crippen molar-refractivity contribution in [3.8, 4) is 0 Å². The SMILES string of the molecule is C[N+](C)(Cc1ccccc1)c1ccccc1.O=C([O-])CCl. The molecule has 0 saturated carbocycles. The third kappa shape index (κ3) is 6.43. The van der Waals surface area contributed by atoms with Gasteiger partial charge in [0.2, 0.25) is 0 Å². The van der Waals surface area contributed by atoms with Gasteiger partial charge in [0, 0.05) is 5.56 Å². The molecule has 0 aliphatic rings. The van der Waals surface area contributed by atoms with Crippen LogP contribution in [0.1, 0.15) is 5.56 Å². The largest absolute Gasteiger partial charge is 0.549 e. The standard InChI is InChI=1S/C15H18N.C2H3ClO2/c1-16(2,15-11-7-4-8-12-15)13-14-9-5-3-6-10-14;3-1-2(4)5/h3-12H,13H2,1-2H3;1H2,(H,4,5)/q+1;/p-1. The zero-order chi connectivity index (χ0) is 15.7. The van der Waals surface area contributed by atoms with Crippen LogP contribution in [-0.4, -0.2) is 25.9 Å². The second-order valence-corrected chi connectivity index (χ2v) is 5.44. The molecule has 0 fully saturated rings. The van der Waals surface area contributed by atoms with Crippen molar-refractivity contribution in [1.29, 1.82) is 0 Å². The Morgan fingerprint density at radius 1 is 1.00 bits per heavy atom.